The van der Waals surface area contributed by atoms with Crippen LogP contribution in [0.2, 0.25) is 0 Å². The first kappa shape index (κ1) is 11.0. The van der Waals surface area contributed by atoms with Crippen molar-refractivity contribution in [1.82, 2.24) is 9.97 Å². The molecule has 92 valence electrons. The van der Waals surface area contributed by atoms with E-state index in [1.807, 2.05) is 12.1 Å². The molecule has 18 heavy (non-hydrogen) atoms. The molecule has 1 aliphatic rings. The summed E-state index contributed by atoms with van der Waals surface area (Å²) in [4.78, 5) is 18.7. The van der Waals surface area contributed by atoms with Crippen molar-refractivity contribution in [2.75, 3.05) is 5.32 Å². The predicted molar refractivity (Wildman–Crippen MR) is 64.9 cm³/mol. The van der Waals surface area contributed by atoms with Crippen molar-refractivity contribution in [3.8, 4) is 0 Å². The third kappa shape index (κ3) is 2.25. The molecule has 0 aromatic carbocycles. The number of rotatable bonds is 3. The monoisotopic (exact) mass is 245 g/mol. The first-order valence-electron chi connectivity index (χ1n) is 5.84. The third-order valence-electron chi connectivity index (χ3n) is 2.90. The van der Waals surface area contributed by atoms with Crippen LogP contribution in [0.5, 0.6) is 0 Å². The van der Waals surface area contributed by atoms with Gasteiger partial charge >= 0.3 is 0 Å². The average Bonchev–Trinajstić information content (AvgIpc) is 3.12. The SMILES string of the molecule is O=C(Nc1cccc(C2CC2)n1)c1cc(F)c[nH]1. The van der Waals surface area contributed by atoms with E-state index >= 15 is 0 Å². The summed E-state index contributed by atoms with van der Waals surface area (Å²) in [7, 11) is 0. The molecule has 1 fully saturated rings. The van der Waals surface area contributed by atoms with Gasteiger partial charge < -0.3 is 10.3 Å². The molecule has 0 aliphatic heterocycles. The molecule has 5 heteroatoms. The Kier molecular flexibility index (Phi) is 2.59. The van der Waals surface area contributed by atoms with E-state index in [1.165, 1.54) is 0 Å². The van der Waals surface area contributed by atoms with Gasteiger partial charge in [-0.2, -0.15) is 0 Å². The molecule has 1 saturated carbocycles. The molecule has 2 heterocycles. The fraction of sp³-hybridized carbons (Fsp3) is 0.231. The molecule has 1 amide bonds. The number of carbonyl (C=O) groups excluding carboxylic acids is 1. The Morgan fingerprint density at radius 1 is 1.44 bits per heavy atom. The number of nitrogens with zero attached hydrogens (tertiary/aromatic N) is 1. The molecule has 0 unspecified atom stereocenters. The highest BCUT2D eigenvalue weighted by Gasteiger charge is 2.25. The molecule has 0 radical (unpaired) electrons. The average molecular weight is 245 g/mol. The van der Waals surface area contributed by atoms with Gasteiger partial charge in [0.05, 0.1) is 0 Å². The number of carbonyl (C=O) groups is 1. The van der Waals surface area contributed by atoms with Gasteiger partial charge in [-0.15, -0.1) is 0 Å². The van der Waals surface area contributed by atoms with E-state index in [9.17, 15) is 9.18 Å². The summed E-state index contributed by atoms with van der Waals surface area (Å²) in [5.41, 5.74) is 1.19. The van der Waals surface area contributed by atoms with Crippen LogP contribution in [0.25, 0.3) is 0 Å². The fourth-order valence-corrected chi connectivity index (χ4v) is 1.81. The number of H-pyrrole nitrogens is 1. The molecule has 0 spiro atoms. The number of hydrogen-bond donors (Lipinski definition) is 2. The molecule has 1 aliphatic carbocycles. The second-order valence-corrected chi connectivity index (χ2v) is 4.41. The predicted octanol–water partition coefficient (Wildman–Crippen LogP) is 2.68. The molecule has 2 aromatic heterocycles. The normalized spacial score (nSPS) is 14.5. The molecular weight excluding hydrogens is 233 g/mol. The molecular formula is C13H12FN3O. The first-order chi connectivity index (χ1) is 8.72. The standard InChI is InChI=1S/C13H12FN3O/c14-9-6-11(15-7-9)13(18)17-12-3-1-2-10(16-12)8-4-5-8/h1-3,6-8,15H,4-5H2,(H,16,17,18). The van der Waals surface area contributed by atoms with Crippen molar-refractivity contribution in [3.05, 3.63) is 47.7 Å². The Balaban J connectivity index is 1.75. The Labute approximate surface area is 103 Å². The van der Waals surface area contributed by atoms with Crippen LogP contribution in [0.15, 0.2) is 30.5 Å². The summed E-state index contributed by atoms with van der Waals surface area (Å²) in [5.74, 6) is 0.184. The van der Waals surface area contributed by atoms with E-state index in [2.05, 4.69) is 15.3 Å². The van der Waals surface area contributed by atoms with Crippen LogP contribution < -0.4 is 5.32 Å². The van der Waals surface area contributed by atoms with Gasteiger partial charge in [0.2, 0.25) is 0 Å². The molecule has 3 rings (SSSR count). The van der Waals surface area contributed by atoms with Gasteiger partial charge in [-0.1, -0.05) is 6.07 Å². The van der Waals surface area contributed by atoms with Crippen molar-refractivity contribution in [2.24, 2.45) is 0 Å². The fourth-order valence-electron chi connectivity index (χ4n) is 1.81. The zero-order chi connectivity index (χ0) is 12.5. The topological polar surface area (TPSA) is 57.8 Å². The van der Waals surface area contributed by atoms with E-state index in [4.69, 9.17) is 0 Å². The van der Waals surface area contributed by atoms with E-state index in [1.54, 1.807) is 6.07 Å². The zero-order valence-corrected chi connectivity index (χ0v) is 9.61. The maximum atomic E-state index is 12.8. The van der Waals surface area contributed by atoms with Gasteiger partial charge in [0, 0.05) is 23.9 Å². The van der Waals surface area contributed by atoms with Crippen molar-refractivity contribution >= 4 is 11.7 Å². The Hall–Kier alpha value is -2.17. The summed E-state index contributed by atoms with van der Waals surface area (Å²) in [6.45, 7) is 0. The van der Waals surface area contributed by atoms with E-state index in [0.29, 0.717) is 11.7 Å². The lowest BCUT2D eigenvalue weighted by molar-refractivity contribution is 0.102. The number of halogens is 1. The molecule has 0 saturated heterocycles. The number of pyridine rings is 1. The minimum atomic E-state index is -0.458. The van der Waals surface area contributed by atoms with Crippen LogP contribution >= 0.6 is 0 Å². The van der Waals surface area contributed by atoms with E-state index < -0.39 is 5.82 Å². The third-order valence-corrected chi connectivity index (χ3v) is 2.90. The van der Waals surface area contributed by atoms with Gasteiger partial charge in [0.1, 0.15) is 17.3 Å². The van der Waals surface area contributed by atoms with Gasteiger partial charge in [0.25, 0.3) is 5.91 Å². The van der Waals surface area contributed by atoms with Gasteiger partial charge in [0.15, 0.2) is 0 Å². The molecule has 2 aromatic rings. The number of amides is 1. The van der Waals surface area contributed by atoms with Crippen LogP contribution in [0, 0.1) is 5.82 Å². The highest BCUT2D eigenvalue weighted by atomic mass is 19.1. The lowest BCUT2D eigenvalue weighted by Gasteiger charge is -2.04. The number of aromatic nitrogens is 2. The van der Waals surface area contributed by atoms with Crippen molar-refractivity contribution in [1.29, 1.82) is 0 Å². The van der Waals surface area contributed by atoms with Crippen LogP contribution in [0.3, 0.4) is 0 Å². The second kappa shape index (κ2) is 4.25. The Morgan fingerprint density at radius 2 is 2.28 bits per heavy atom. The summed E-state index contributed by atoms with van der Waals surface area (Å²) in [6.07, 6.45) is 3.46. The first-order valence-corrected chi connectivity index (χ1v) is 5.84. The molecule has 0 atom stereocenters. The van der Waals surface area contributed by atoms with Crippen LogP contribution in [0.1, 0.15) is 34.9 Å². The molecule has 4 nitrogen and oxygen atoms in total. The molecule has 0 bridgehead atoms. The number of nitrogens with one attached hydrogen (secondary N) is 2. The van der Waals surface area contributed by atoms with Crippen LogP contribution in [0.4, 0.5) is 10.2 Å². The highest BCUT2D eigenvalue weighted by Crippen LogP contribution is 2.39. The lowest BCUT2D eigenvalue weighted by Crippen LogP contribution is -2.13. The summed E-state index contributed by atoms with van der Waals surface area (Å²) in [6, 6.07) is 6.70. The maximum absolute atomic E-state index is 12.8. The van der Waals surface area contributed by atoms with Gasteiger partial charge in [-0.25, -0.2) is 9.37 Å². The number of hydrogen-bond acceptors (Lipinski definition) is 2. The smallest absolute Gasteiger partial charge is 0.273 e. The largest absolute Gasteiger partial charge is 0.355 e. The Bertz CT molecular complexity index is 589. The Morgan fingerprint density at radius 3 is 2.94 bits per heavy atom. The van der Waals surface area contributed by atoms with Crippen LogP contribution in [-0.4, -0.2) is 15.9 Å². The lowest BCUT2D eigenvalue weighted by atomic mass is 10.2. The van der Waals surface area contributed by atoms with Crippen molar-refractivity contribution in [2.45, 2.75) is 18.8 Å². The van der Waals surface area contributed by atoms with Gasteiger partial charge in [-0.3, -0.25) is 4.79 Å². The minimum absolute atomic E-state index is 0.186. The number of aromatic amines is 1. The minimum Gasteiger partial charge on any atom is -0.355 e. The van der Waals surface area contributed by atoms with Crippen molar-refractivity contribution < 1.29 is 9.18 Å². The second-order valence-electron chi connectivity index (χ2n) is 4.41. The summed E-state index contributed by atoms with van der Waals surface area (Å²) < 4.78 is 12.8. The summed E-state index contributed by atoms with van der Waals surface area (Å²) in [5, 5.41) is 2.65. The highest BCUT2D eigenvalue weighted by molar-refractivity contribution is 6.02. The van der Waals surface area contributed by atoms with E-state index in [-0.39, 0.29) is 11.6 Å². The zero-order valence-electron chi connectivity index (χ0n) is 9.61. The summed E-state index contributed by atoms with van der Waals surface area (Å²) >= 11 is 0. The van der Waals surface area contributed by atoms with E-state index in [0.717, 1.165) is 30.8 Å². The van der Waals surface area contributed by atoms with Crippen LogP contribution in [-0.2, 0) is 0 Å². The number of anilines is 1. The molecule has 2 N–H and O–H groups in total. The quantitative estimate of drug-likeness (QED) is 0.873. The maximum Gasteiger partial charge on any atom is 0.273 e. The van der Waals surface area contributed by atoms with Crippen molar-refractivity contribution in [3.63, 3.8) is 0 Å². The van der Waals surface area contributed by atoms with Gasteiger partial charge in [-0.05, 0) is 25.0 Å².